The smallest absolute Gasteiger partial charge is 0.242 e. The van der Waals surface area contributed by atoms with E-state index in [0.29, 0.717) is 12.1 Å². The summed E-state index contributed by atoms with van der Waals surface area (Å²) in [7, 11) is -3.41. The fourth-order valence-electron chi connectivity index (χ4n) is 1.67. The lowest BCUT2D eigenvalue weighted by molar-refractivity contribution is -0.115. The van der Waals surface area contributed by atoms with Crippen LogP contribution in [0.2, 0.25) is 0 Å². The molecule has 0 saturated heterocycles. The Bertz CT molecular complexity index is 685. The Kier molecular flexibility index (Phi) is 5.94. The SMILES string of the molecule is CCc1cc(C#CCN)ccc1NC(=O)C(C)S(C)(=O)=O. The van der Waals surface area contributed by atoms with Gasteiger partial charge in [0.05, 0.1) is 6.54 Å². The van der Waals surface area contributed by atoms with Crippen LogP contribution in [0, 0.1) is 11.8 Å². The Labute approximate surface area is 125 Å². The van der Waals surface area contributed by atoms with Gasteiger partial charge < -0.3 is 11.1 Å². The van der Waals surface area contributed by atoms with E-state index < -0.39 is 21.0 Å². The summed E-state index contributed by atoms with van der Waals surface area (Å²) in [5.74, 6) is 5.15. The summed E-state index contributed by atoms with van der Waals surface area (Å²) >= 11 is 0. The third-order valence-electron chi connectivity index (χ3n) is 3.09. The van der Waals surface area contributed by atoms with E-state index >= 15 is 0 Å². The third kappa shape index (κ3) is 4.88. The first-order chi connectivity index (χ1) is 9.79. The maximum absolute atomic E-state index is 11.9. The van der Waals surface area contributed by atoms with Crippen LogP contribution in [0.15, 0.2) is 18.2 Å². The Morgan fingerprint density at radius 1 is 1.43 bits per heavy atom. The number of carbonyl (C=O) groups is 1. The number of amides is 1. The maximum Gasteiger partial charge on any atom is 0.242 e. The van der Waals surface area contributed by atoms with Gasteiger partial charge in [-0.2, -0.15) is 0 Å². The van der Waals surface area contributed by atoms with E-state index in [1.165, 1.54) is 6.92 Å². The number of benzene rings is 1. The highest BCUT2D eigenvalue weighted by Crippen LogP contribution is 2.19. The van der Waals surface area contributed by atoms with Crippen molar-refractivity contribution in [3.8, 4) is 11.8 Å². The number of aryl methyl sites for hydroxylation is 1. The van der Waals surface area contributed by atoms with E-state index in [9.17, 15) is 13.2 Å². The van der Waals surface area contributed by atoms with E-state index in [0.717, 1.165) is 17.4 Å². The van der Waals surface area contributed by atoms with Gasteiger partial charge in [0, 0.05) is 17.5 Å². The van der Waals surface area contributed by atoms with Gasteiger partial charge in [-0.3, -0.25) is 4.79 Å². The van der Waals surface area contributed by atoms with Gasteiger partial charge in [0.25, 0.3) is 0 Å². The molecule has 0 bridgehead atoms. The minimum Gasteiger partial charge on any atom is -0.325 e. The fourth-order valence-corrected chi connectivity index (χ4v) is 2.12. The van der Waals surface area contributed by atoms with Gasteiger partial charge in [0.15, 0.2) is 9.84 Å². The van der Waals surface area contributed by atoms with Crippen LogP contribution in [-0.4, -0.2) is 32.4 Å². The molecular formula is C15H20N2O3S. The predicted molar refractivity (Wildman–Crippen MR) is 84.7 cm³/mol. The molecule has 1 amide bonds. The van der Waals surface area contributed by atoms with Crippen LogP contribution in [0.4, 0.5) is 5.69 Å². The second-order valence-electron chi connectivity index (χ2n) is 4.69. The molecule has 0 aromatic heterocycles. The zero-order chi connectivity index (χ0) is 16.0. The predicted octanol–water partition coefficient (Wildman–Crippen LogP) is 0.931. The first-order valence-electron chi connectivity index (χ1n) is 6.61. The van der Waals surface area contributed by atoms with Gasteiger partial charge >= 0.3 is 0 Å². The van der Waals surface area contributed by atoms with Gasteiger partial charge in [-0.05, 0) is 37.1 Å². The van der Waals surface area contributed by atoms with Gasteiger partial charge in [-0.1, -0.05) is 18.8 Å². The number of nitrogens with one attached hydrogen (secondary N) is 1. The van der Waals surface area contributed by atoms with Crippen molar-refractivity contribution >= 4 is 21.4 Å². The molecule has 0 saturated carbocycles. The minimum absolute atomic E-state index is 0.284. The van der Waals surface area contributed by atoms with Crippen molar-refractivity contribution in [2.75, 3.05) is 18.1 Å². The zero-order valence-corrected chi connectivity index (χ0v) is 13.3. The Balaban J connectivity index is 3.01. The average molecular weight is 308 g/mol. The maximum atomic E-state index is 11.9. The van der Waals surface area contributed by atoms with Crippen molar-refractivity contribution in [3.05, 3.63) is 29.3 Å². The molecule has 5 nitrogen and oxygen atoms in total. The van der Waals surface area contributed by atoms with Crippen molar-refractivity contribution in [1.82, 2.24) is 0 Å². The quantitative estimate of drug-likeness (QED) is 0.810. The number of hydrogen-bond acceptors (Lipinski definition) is 4. The van der Waals surface area contributed by atoms with Crippen LogP contribution in [-0.2, 0) is 21.1 Å². The van der Waals surface area contributed by atoms with Crippen molar-refractivity contribution < 1.29 is 13.2 Å². The van der Waals surface area contributed by atoms with Crippen LogP contribution < -0.4 is 11.1 Å². The molecule has 0 heterocycles. The molecule has 0 fully saturated rings. The molecule has 1 rings (SSSR count). The lowest BCUT2D eigenvalue weighted by Crippen LogP contribution is -2.32. The summed E-state index contributed by atoms with van der Waals surface area (Å²) < 4.78 is 22.8. The number of anilines is 1. The summed E-state index contributed by atoms with van der Waals surface area (Å²) in [6.45, 7) is 3.61. The first-order valence-corrected chi connectivity index (χ1v) is 8.56. The van der Waals surface area contributed by atoms with Crippen molar-refractivity contribution in [3.63, 3.8) is 0 Å². The fraction of sp³-hybridized carbons (Fsp3) is 0.400. The minimum atomic E-state index is -3.41. The molecule has 1 atom stereocenters. The molecule has 1 aromatic carbocycles. The van der Waals surface area contributed by atoms with Crippen LogP contribution in [0.1, 0.15) is 25.0 Å². The van der Waals surface area contributed by atoms with E-state index in [-0.39, 0.29) is 6.54 Å². The van der Waals surface area contributed by atoms with Gasteiger partial charge in [-0.25, -0.2) is 8.42 Å². The van der Waals surface area contributed by atoms with Crippen LogP contribution in [0.3, 0.4) is 0 Å². The Hall–Kier alpha value is -1.84. The summed E-state index contributed by atoms with van der Waals surface area (Å²) in [6.07, 6.45) is 1.74. The molecule has 1 unspecified atom stereocenters. The summed E-state index contributed by atoms with van der Waals surface area (Å²) in [4.78, 5) is 11.9. The monoisotopic (exact) mass is 308 g/mol. The summed E-state index contributed by atoms with van der Waals surface area (Å²) in [5, 5.41) is 1.58. The zero-order valence-electron chi connectivity index (χ0n) is 12.4. The van der Waals surface area contributed by atoms with Crippen LogP contribution in [0.25, 0.3) is 0 Å². The molecule has 3 N–H and O–H groups in total. The Morgan fingerprint density at radius 2 is 2.10 bits per heavy atom. The van der Waals surface area contributed by atoms with Crippen LogP contribution >= 0.6 is 0 Å². The lowest BCUT2D eigenvalue weighted by atomic mass is 10.1. The molecule has 6 heteroatoms. The molecule has 0 spiro atoms. The molecule has 21 heavy (non-hydrogen) atoms. The van der Waals surface area contributed by atoms with Crippen molar-refractivity contribution in [2.45, 2.75) is 25.5 Å². The number of sulfone groups is 1. The molecule has 0 radical (unpaired) electrons. The molecule has 0 aliphatic carbocycles. The second kappa shape index (κ2) is 7.25. The molecule has 0 aliphatic heterocycles. The van der Waals surface area contributed by atoms with Gasteiger partial charge in [-0.15, -0.1) is 0 Å². The normalized spacial score (nSPS) is 12.2. The molecule has 114 valence electrons. The Morgan fingerprint density at radius 3 is 2.62 bits per heavy atom. The summed E-state index contributed by atoms with van der Waals surface area (Å²) in [6, 6.07) is 5.36. The molecule has 0 aliphatic rings. The van der Waals surface area contributed by atoms with Gasteiger partial charge in [0.2, 0.25) is 5.91 Å². The van der Waals surface area contributed by atoms with E-state index in [2.05, 4.69) is 17.2 Å². The standard InChI is InChI=1S/C15H20N2O3S/c1-4-13-10-12(6-5-9-16)7-8-14(13)17-15(18)11(2)21(3,19)20/h7-8,10-11H,4,9,16H2,1-3H3,(H,17,18). The van der Waals surface area contributed by atoms with E-state index in [1.807, 2.05) is 13.0 Å². The highest BCUT2D eigenvalue weighted by atomic mass is 32.2. The first kappa shape index (κ1) is 17.2. The number of rotatable bonds is 4. The highest BCUT2D eigenvalue weighted by Gasteiger charge is 2.23. The van der Waals surface area contributed by atoms with E-state index in [4.69, 9.17) is 5.73 Å². The van der Waals surface area contributed by atoms with Gasteiger partial charge in [0.1, 0.15) is 5.25 Å². The largest absolute Gasteiger partial charge is 0.325 e. The van der Waals surface area contributed by atoms with Crippen molar-refractivity contribution in [1.29, 1.82) is 0 Å². The van der Waals surface area contributed by atoms with Crippen molar-refractivity contribution in [2.24, 2.45) is 5.73 Å². The van der Waals surface area contributed by atoms with E-state index in [1.54, 1.807) is 12.1 Å². The molecular weight excluding hydrogens is 288 g/mol. The highest BCUT2D eigenvalue weighted by molar-refractivity contribution is 7.92. The second-order valence-corrected chi connectivity index (χ2v) is 7.06. The summed E-state index contributed by atoms with van der Waals surface area (Å²) in [5.41, 5.74) is 7.64. The number of hydrogen-bond donors (Lipinski definition) is 2. The topological polar surface area (TPSA) is 89.3 Å². The number of carbonyl (C=O) groups excluding carboxylic acids is 1. The van der Waals surface area contributed by atoms with Crippen LogP contribution in [0.5, 0.6) is 0 Å². The third-order valence-corrected chi connectivity index (χ3v) is 4.59. The molecule has 1 aromatic rings. The number of nitrogens with two attached hydrogens (primary N) is 1. The lowest BCUT2D eigenvalue weighted by Gasteiger charge is -2.13. The average Bonchev–Trinajstić information content (AvgIpc) is 2.44.